The van der Waals surface area contributed by atoms with E-state index < -0.39 is 0 Å². The minimum atomic E-state index is -0.332. The predicted molar refractivity (Wildman–Crippen MR) is 130 cm³/mol. The van der Waals surface area contributed by atoms with Gasteiger partial charge in [-0.05, 0) is 55.0 Å². The van der Waals surface area contributed by atoms with Gasteiger partial charge in [-0.3, -0.25) is 9.20 Å². The molecule has 1 amide bonds. The van der Waals surface area contributed by atoms with E-state index in [4.69, 9.17) is 16.0 Å². The number of imidazole rings is 1. The van der Waals surface area contributed by atoms with Crippen molar-refractivity contribution in [2.45, 2.75) is 6.92 Å². The van der Waals surface area contributed by atoms with Gasteiger partial charge in [-0.1, -0.05) is 23.7 Å². The van der Waals surface area contributed by atoms with Gasteiger partial charge < -0.3 is 15.1 Å². The molecule has 0 saturated heterocycles. The van der Waals surface area contributed by atoms with Crippen molar-refractivity contribution in [1.29, 1.82) is 0 Å². The highest BCUT2D eigenvalue weighted by Gasteiger charge is 2.14. The summed E-state index contributed by atoms with van der Waals surface area (Å²) in [4.78, 5) is 21.6. The number of anilines is 2. The predicted octanol–water partition coefficient (Wildman–Crippen LogP) is 5.91. The van der Waals surface area contributed by atoms with Gasteiger partial charge in [0.2, 0.25) is 5.78 Å². The van der Waals surface area contributed by atoms with Crippen LogP contribution >= 0.6 is 11.6 Å². The third-order valence-corrected chi connectivity index (χ3v) is 5.61. The molecule has 5 rings (SSSR count). The van der Waals surface area contributed by atoms with Crippen molar-refractivity contribution in [1.82, 2.24) is 14.4 Å². The summed E-state index contributed by atoms with van der Waals surface area (Å²) in [6.07, 6.45) is 5.65. The summed E-state index contributed by atoms with van der Waals surface area (Å²) in [5, 5.41) is 6.47. The largest absolute Gasteiger partial charge is 0.456 e. The molecule has 0 saturated carbocycles. The van der Waals surface area contributed by atoms with Gasteiger partial charge in [0.05, 0.1) is 10.7 Å². The van der Waals surface area contributed by atoms with Crippen LogP contribution in [0.25, 0.3) is 28.2 Å². The Bertz CT molecular complexity index is 1470. The van der Waals surface area contributed by atoms with Crippen LogP contribution in [0.5, 0.6) is 0 Å². The Morgan fingerprint density at radius 1 is 1.00 bits per heavy atom. The first-order valence-corrected chi connectivity index (χ1v) is 10.7. The number of rotatable bonds is 5. The molecule has 0 atom stereocenters. The summed E-state index contributed by atoms with van der Waals surface area (Å²) in [6.45, 7) is 1.79. The van der Waals surface area contributed by atoms with Crippen LogP contribution in [-0.2, 0) is 0 Å². The van der Waals surface area contributed by atoms with E-state index in [1.807, 2.05) is 48.1 Å². The third kappa shape index (κ3) is 4.18. The second-order valence-electron chi connectivity index (χ2n) is 7.56. The number of amides is 1. The number of aromatic nitrogens is 3. The molecule has 0 fully saturated rings. The smallest absolute Gasteiger partial charge is 0.291 e. The second kappa shape index (κ2) is 8.44. The van der Waals surface area contributed by atoms with Crippen LogP contribution in [-0.4, -0.2) is 27.3 Å². The normalized spacial score (nSPS) is 11.0. The van der Waals surface area contributed by atoms with Crippen LogP contribution in [0.2, 0.25) is 5.02 Å². The van der Waals surface area contributed by atoms with Gasteiger partial charge in [0.15, 0.2) is 5.76 Å². The van der Waals surface area contributed by atoms with Gasteiger partial charge in [-0.2, -0.15) is 0 Å². The van der Waals surface area contributed by atoms with Crippen LogP contribution in [0.4, 0.5) is 11.4 Å². The number of hydrogen-bond acceptors (Lipinski definition) is 5. The maximum atomic E-state index is 12.4. The van der Waals surface area contributed by atoms with Crippen LogP contribution in [0, 0.1) is 6.92 Å². The summed E-state index contributed by atoms with van der Waals surface area (Å²) < 4.78 is 7.26. The zero-order chi connectivity index (χ0) is 22.9. The number of fused-ring (bicyclic) bond motifs is 1. The quantitative estimate of drug-likeness (QED) is 0.342. The van der Waals surface area contributed by atoms with Crippen molar-refractivity contribution in [3.8, 4) is 22.4 Å². The summed E-state index contributed by atoms with van der Waals surface area (Å²) in [6, 6.07) is 16.7. The fraction of sp³-hybridized carbons (Fsp3) is 0.0800. The van der Waals surface area contributed by atoms with Gasteiger partial charge >= 0.3 is 0 Å². The lowest BCUT2D eigenvalue weighted by atomic mass is 10.1. The van der Waals surface area contributed by atoms with Gasteiger partial charge in [-0.25, -0.2) is 9.97 Å². The molecule has 164 valence electrons. The molecule has 33 heavy (non-hydrogen) atoms. The molecule has 0 spiro atoms. The zero-order valence-corrected chi connectivity index (χ0v) is 18.7. The van der Waals surface area contributed by atoms with Crippen molar-refractivity contribution >= 4 is 34.7 Å². The average molecular weight is 458 g/mol. The Balaban J connectivity index is 1.45. The summed E-state index contributed by atoms with van der Waals surface area (Å²) in [5.74, 6) is 1.14. The molecule has 0 bridgehead atoms. The first-order chi connectivity index (χ1) is 16.0. The van der Waals surface area contributed by atoms with E-state index in [1.54, 1.807) is 43.5 Å². The Labute approximate surface area is 195 Å². The topological polar surface area (TPSA) is 84.5 Å². The maximum absolute atomic E-state index is 12.4. The fourth-order valence-corrected chi connectivity index (χ4v) is 3.76. The summed E-state index contributed by atoms with van der Waals surface area (Å²) in [7, 11) is 1.89. The molecule has 2 N–H and O–H groups in total. The lowest BCUT2D eigenvalue weighted by Crippen LogP contribution is -2.10. The minimum Gasteiger partial charge on any atom is -0.456 e. The molecule has 8 heteroatoms. The number of carbonyl (C=O) groups is 1. The molecule has 0 aliphatic carbocycles. The number of nitrogens with zero attached hydrogens (tertiary/aromatic N) is 3. The van der Waals surface area contributed by atoms with Crippen LogP contribution in [0.15, 0.2) is 77.6 Å². The highest BCUT2D eigenvalue weighted by Crippen LogP contribution is 2.31. The Morgan fingerprint density at radius 2 is 1.79 bits per heavy atom. The molecule has 0 aliphatic rings. The van der Waals surface area contributed by atoms with Gasteiger partial charge in [0.25, 0.3) is 5.91 Å². The Hall–Kier alpha value is -4.10. The number of furan rings is 1. The number of aryl methyl sites for hydroxylation is 1. The summed E-state index contributed by atoms with van der Waals surface area (Å²) >= 11 is 6.46. The third-order valence-electron chi connectivity index (χ3n) is 5.28. The molecule has 7 nitrogen and oxygen atoms in total. The van der Waals surface area contributed by atoms with E-state index in [2.05, 4.69) is 20.6 Å². The number of carbonyl (C=O) groups excluding carboxylic acids is 1. The number of hydrogen-bond donors (Lipinski definition) is 2. The molecule has 2 aromatic carbocycles. The molecule has 3 aromatic heterocycles. The Kier molecular flexibility index (Phi) is 5.32. The molecular weight excluding hydrogens is 438 g/mol. The summed E-state index contributed by atoms with van der Waals surface area (Å²) in [5.41, 5.74) is 4.99. The first-order valence-electron chi connectivity index (χ1n) is 10.3. The van der Waals surface area contributed by atoms with Crippen molar-refractivity contribution in [2.24, 2.45) is 0 Å². The first kappa shape index (κ1) is 20.8. The average Bonchev–Trinajstić information content (AvgIpc) is 3.46. The lowest BCUT2D eigenvalue weighted by Gasteiger charge is -2.07. The number of halogens is 1. The second-order valence-corrected chi connectivity index (χ2v) is 7.97. The zero-order valence-electron chi connectivity index (χ0n) is 18.0. The Morgan fingerprint density at radius 3 is 2.52 bits per heavy atom. The van der Waals surface area contributed by atoms with Gasteiger partial charge in [-0.15, -0.1) is 0 Å². The van der Waals surface area contributed by atoms with Crippen LogP contribution in [0.3, 0.4) is 0 Å². The van der Waals surface area contributed by atoms with Gasteiger partial charge in [0.1, 0.15) is 5.76 Å². The van der Waals surface area contributed by atoms with Crippen molar-refractivity contribution in [3.05, 3.63) is 89.7 Å². The van der Waals surface area contributed by atoms with Crippen LogP contribution < -0.4 is 10.6 Å². The minimum absolute atomic E-state index is 0.246. The monoisotopic (exact) mass is 457 g/mol. The standard InChI is InChI=1S/C25H20ClN5O2/c1-15-3-10-23(33-15)24(32)29-19-8-9-21(26)20(11-19)22-14-31-13-17(12-28-25(31)30-22)16-4-6-18(27-2)7-5-16/h3-14,27H,1-2H3,(H,29,32). The fourth-order valence-electron chi connectivity index (χ4n) is 3.54. The van der Waals surface area contributed by atoms with E-state index in [9.17, 15) is 4.79 Å². The number of benzene rings is 2. The van der Waals surface area contributed by atoms with Gasteiger partial charge in [0, 0.05) is 48.1 Å². The highest BCUT2D eigenvalue weighted by molar-refractivity contribution is 6.33. The molecule has 3 heterocycles. The molecule has 0 unspecified atom stereocenters. The number of nitrogens with one attached hydrogen (secondary N) is 2. The SMILES string of the molecule is CNc1ccc(-c2cnc3nc(-c4cc(NC(=O)c5ccc(C)o5)ccc4Cl)cn3c2)cc1. The maximum Gasteiger partial charge on any atom is 0.291 e. The van der Waals surface area contributed by atoms with Crippen molar-refractivity contribution in [2.75, 3.05) is 17.7 Å². The molecule has 5 aromatic rings. The van der Waals surface area contributed by atoms with E-state index in [0.29, 0.717) is 33.5 Å². The lowest BCUT2D eigenvalue weighted by molar-refractivity contribution is 0.0995. The van der Waals surface area contributed by atoms with Crippen molar-refractivity contribution < 1.29 is 9.21 Å². The highest BCUT2D eigenvalue weighted by atomic mass is 35.5. The van der Waals surface area contributed by atoms with E-state index in [-0.39, 0.29) is 11.7 Å². The van der Waals surface area contributed by atoms with E-state index in [1.165, 1.54) is 0 Å². The van der Waals surface area contributed by atoms with Crippen LogP contribution in [0.1, 0.15) is 16.3 Å². The molecule has 0 radical (unpaired) electrons. The molecular formula is C25H20ClN5O2. The molecule has 0 aliphatic heterocycles. The van der Waals surface area contributed by atoms with E-state index >= 15 is 0 Å². The van der Waals surface area contributed by atoms with E-state index in [0.717, 1.165) is 16.8 Å². The van der Waals surface area contributed by atoms with Crippen molar-refractivity contribution in [3.63, 3.8) is 0 Å².